The van der Waals surface area contributed by atoms with Crippen LogP contribution >= 0.6 is 0 Å². The lowest BCUT2D eigenvalue weighted by molar-refractivity contribution is -0.386. The second-order valence-electron chi connectivity index (χ2n) is 5.86. The molecule has 9 heteroatoms. The highest BCUT2D eigenvalue weighted by Gasteiger charge is 2.16. The van der Waals surface area contributed by atoms with E-state index in [-0.39, 0.29) is 35.1 Å². The number of rotatable bonds is 7. The molecule has 148 valence electrons. The summed E-state index contributed by atoms with van der Waals surface area (Å²) in [5, 5.41) is 29.9. The van der Waals surface area contributed by atoms with Gasteiger partial charge in [-0.2, -0.15) is 0 Å². The van der Waals surface area contributed by atoms with Gasteiger partial charge in [-0.1, -0.05) is 0 Å². The molecule has 0 bridgehead atoms. The van der Waals surface area contributed by atoms with Gasteiger partial charge in [-0.3, -0.25) is 14.9 Å². The molecule has 0 unspecified atom stereocenters. The molecular formula is C20H14FNO7. The van der Waals surface area contributed by atoms with Crippen LogP contribution < -0.4 is 4.74 Å². The molecule has 29 heavy (non-hydrogen) atoms. The molecule has 0 saturated heterocycles. The summed E-state index contributed by atoms with van der Waals surface area (Å²) in [6.45, 7) is -0.190. The maximum atomic E-state index is 13.3. The minimum absolute atomic E-state index is 0.00702. The number of benzene rings is 2. The number of nitro benzene ring substituents is 1. The van der Waals surface area contributed by atoms with E-state index in [4.69, 9.17) is 9.15 Å². The predicted octanol–water partition coefficient (Wildman–Crippen LogP) is 4.21. The van der Waals surface area contributed by atoms with E-state index in [0.717, 1.165) is 24.3 Å². The Morgan fingerprint density at radius 3 is 2.69 bits per heavy atom. The quantitative estimate of drug-likeness (QED) is 0.264. The lowest BCUT2D eigenvalue weighted by atomic mass is 10.1. The number of aromatic hydroxyl groups is 2. The van der Waals surface area contributed by atoms with Crippen LogP contribution in [0.4, 0.5) is 10.1 Å². The summed E-state index contributed by atoms with van der Waals surface area (Å²) in [4.78, 5) is 22.4. The summed E-state index contributed by atoms with van der Waals surface area (Å²) in [7, 11) is 0. The largest absolute Gasteiger partial charge is 0.508 e. The average molecular weight is 399 g/mol. The van der Waals surface area contributed by atoms with E-state index in [9.17, 15) is 29.5 Å². The number of carbonyl (C=O) groups excluding carboxylic acids is 1. The number of nitro groups is 1. The zero-order chi connectivity index (χ0) is 21.0. The summed E-state index contributed by atoms with van der Waals surface area (Å²) in [5.41, 5.74) is -0.370. The Morgan fingerprint density at radius 2 is 1.97 bits per heavy atom. The molecule has 0 spiro atoms. The first kappa shape index (κ1) is 19.6. The van der Waals surface area contributed by atoms with Gasteiger partial charge in [0.25, 0.3) is 0 Å². The summed E-state index contributed by atoms with van der Waals surface area (Å²) >= 11 is 0. The first-order valence-corrected chi connectivity index (χ1v) is 8.23. The number of hydrogen-bond acceptors (Lipinski definition) is 7. The molecule has 0 radical (unpaired) electrons. The maximum Gasteiger partial charge on any atom is 0.311 e. The minimum atomic E-state index is -0.685. The lowest BCUT2D eigenvalue weighted by Gasteiger charge is -2.05. The van der Waals surface area contributed by atoms with Crippen molar-refractivity contribution in [2.24, 2.45) is 0 Å². The number of hydrogen-bond donors (Lipinski definition) is 2. The van der Waals surface area contributed by atoms with Crippen LogP contribution in [-0.2, 0) is 6.61 Å². The molecule has 0 fully saturated rings. The monoisotopic (exact) mass is 399 g/mol. The van der Waals surface area contributed by atoms with E-state index in [1.807, 2.05) is 0 Å². The molecule has 2 N–H and O–H groups in total. The van der Waals surface area contributed by atoms with Crippen molar-refractivity contribution in [3.63, 3.8) is 0 Å². The summed E-state index contributed by atoms with van der Waals surface area (Å²) in [6.07, 6.45) is 2.54. The number of nitrogens with zero attached hydrogens (tertiary/aromatic N) is 1. The molecule has 0 aliphatic carbocycles. The van der Waals surface area contributed by atoms with E-state index in [1.54, 1.807) is 6.07 Å². The van der Waals surface area contributed by atoms with Crippen molar-refractivity contribution < 1.29 is 33.5 Å². The van der Waals surface area contributed by atoms with Crippen LogP contribution in [0.5, 0.6) is 17.2 Å². The Kier molecular flexibility index (Phi) is 5.59. The van der Waals surface area contributed by atoms with E-state index in [2.05, 4.69) is 0 Å². The van der Waals surface area contributed by atoms with Crippen LogP contribution in [0.1, 0.15) is 21.9 Å². The molecule has 0 aliphatic heterocycles. The van der Waals surface area contributed by atoms with Crippen LogP contribution in [0.3, 0.4) is 0 Å². The number of carbonyl (C=O) groups is 1. The van der Waals surface area contributed by atoms with Crippen molar-refractivity contribution in [1.82, 2.24) is 0 Å². The van der Waals surface area contributed by atoms with Crippen molar-refractivity contribution in [3.8, 4) is 17.2 Å². The van der Waals surface area contributed by atoms with Gasteiger partial charge in [0.1, 0.15) is 35.4 Å². The zero-order valence-corrected chi connectivity index (χ0v) is 14.7. The van der Waals surface area contributed by atoms with E-state index in [0.29, 0.717) is 11.5 Å². The lowest BCUT2D eigenvalue weighted by Crippen LogP contribution is -1.99. The molecule has 0 saturated carbocycles. The Morgan fingerprint density at radius 1 is 1.17 bits per heavy atom. The molecule has 8 nitrogen and oxygen atoms in total. The smallest absolute Gasteiger partial charge is 0.311 e. The van der Waals surface area contributed by atoms with Crippen LogP contribution in [-0.4, -0.2) is 20.9 Å². The molecule has 0 aliphatic rings. The number of phenols is 2. The molecule has 3 aromatic rings. The third-order valence-electron chi connectivity index (χ3n) is 3.82. The van der Waals surface area contributed by atoms with E-state index >= 15 is 0 Å². The van der Waals surface area contributed by atoms with Gasteiger partial charge in [0.2, 0.25) is 0 Å². The molecule has 0 amide bonds. The Labute approximate surface area is 163 Å². The Balaban J connectivity index is 1.67. The fourth-order valence-electron chi connectivity index (χ4n) is 2.44. The molecular weight excluding hydrogens is 385 g/mol. The third kappa shape index (κ3) is 4.78. The molecule has 0 atom stereocenters. The van der Waals surface area contributed by atoms with Crippen molar-refractivity contribution in [2.45, 2.75) is 6.61 Å². The number of ether oxygens (including phenoxy) is 1. The SMILES string of the molecule is O=C(/C=C/c1ccc(COc2cc(F)ccc2[N+](=O)[O-])o1)c1ccc(O)cc1O. The van der Waals surface area contributed by atoms with Crippen molar-refractivity contribution >= 4 is 17.5 Å². The van der Waals surface area contributed by atoms with Gasteiger partial charge in [0.15, 0.2) is 11.5 Å². The second-order valence-corrected chi connectivity index (χ2v) is 5.86. The van der Waals surface area contributed by atoms with Crippen LogP contribution in [0.25, 0.3) is 6.08 Å². The number of ketones is 1. The molecule has 2 aromatic carbocycles. The van der Waals surface area contributed by atoms with Crippen molar-refractivity contribution in [1.29, 1.82) is 0 Å². The fourth-order valence-corrected chi connectivity index (χ4v) is 2.44. The minimum Gasteiger partial charge on any atom is -0.508 e. The highest BCUT2D eigenvalue weighted by Crippen LogP contribution is 2.28. The molecule has 1 aromatic heterocycles. The summed E-state index contributed by atoms with van der Waals surface area (Å²) < 4.78 is 24.0. The van der Waals surface area contributed by atoms with Crippen LogP contribution in [0, 0.1) is 15.9 Å². The van der Waals surface area contributed by atoms with Gasteiger partial charge in [0.05, 0.1) is 10.5 Å². The second kappa shape index (κ2) is 8.26. The topological polar surface area (TPSA) is 123 Å². The van der Waals surface area contributed by atoms with Gasteiger partial charge >= 0.3 is 5.69 Å². The van der Waals surface area contributed by atoms with Gasteiger partial charge in [-0.05, 0) is 42.5 Å². The predicted molar refractivity (Wildman–Crippen MR) is 99.2 cm³/mol. The van der Waals surface area contributed by atoms with E-state index < -0.39 is 16.5 Å². The highest BCUT2D eigenvalue weighted by molar-refractivity contribution is 6.08. The number of allylic oxidation sites excluding steroid dienone is 1. The van der Waals surface area contributed by atoms with Gasteiger partial charge < -0.3 is 19.4 Å². The first-order valence-electron chi connectivity index (χ1n) is 8.23. The van der Waals surface area contributed by atoms with Crippen molar-refractivity contribution in [3.05, 3.63) is 87.6 Å². The number of halogens is 1. The summed E-state index contributed by atoms with van der Waals surface area (Å²) in [6, 6.07) is 9.56. The average Bonchev–Trinajstić information content (AvgIpc) is 3.12. The molecule has 3 rings (SSSR count). The van der Waals surface area contributed by atoms with Gasteiger partial charge in [-0.25, -0.2) is 4.39 Å². The highest BCUT2D eigenvalue weighted by atomic mass is 19.1. The third-order valence-corrected chi connectivity index (χ3v) is 3.82. The summed E-state index contributed by atoms with van der Waals surface area (Å²) in [5.74, 6) is -1.35. The number of furan rings is 1. The first-order chi connectivity index (χ1) is 13.8. The Hall–Kier alpha value is -4.14. The standard InChI is InChI=1S/C20H14FNO7/c21-12-1-7-17(22(26)27)20(9-12)28-11-15-4-3-14(29-15)5-8-18(24)16-6-2-13(23)10-19(16)25/h1-10,23,25H,11H2/b8-5+. The fraction of sp³-hybridized carbons (Fsp3) is 0.0500. The van der Waals surface area contributed by atoms with Crippen molar-refractivity contribution in [2.75, 3.05) is 0 Å². The maximum absolute atomic E-state index is 13.3. The number of phenolic OH excluding ortho intramolecular Hbond substituents is 2. The van der Waals surface area contributed by atoms with Gasteiger partial charge in [-0.15, -0.1) is 0 Å². The van der Waals surface area contributed by atoms with E-state index in [1.165, 1.54) is 30.4 Å². The normalized spacial score (nSPS) is 10.9. The van der Waals surface area contributed by atoms with Crippen LogP contribution in [0.2, 0.25) is 0 Å². The van der Waals surface area contributed by atoms with Crippen LogP contribution in [0.15, 0.2) is 59.0 Å². The zero-order valence-electron chi connectivity index (χ0n) is 14.7. The Bertz CT molecular complexity index is 1100. The molecule has 1 heterocycles. The van der Waals surface area contributed by atoms with Gasteiger partial charge in [0, 0.05) is 18.2 Å².